The molecule has 1 fully saturated rings. The molecule has 3 unspecified atom stereocenters. The van der Waals surface area contributed by atoms with Crippen LogP contribution in [0.1, 0.15) is 59.3 Å². The van der Waals surface area contributed by atoms with Gasteiger partial charge in [-0.1, -0.05) is 25.7 Å². The van der Waals surface area contributed by atoms with Crippen molar-refractivity contribution in [3.63, 3.8) is 0 Å². The van der Waals surface area contributed by atoms with Crippen molar-refractivity contribution in [1.82, 2.24) is 0 Å². The van der Waals surface area contributed by atoms with E-state index in [0.717, 1.165) is 12.8 Å². The fourth-order valence-corrected chi connectivity index (χ4v) is 3.94. The first-order valence-corrected chi connectivity index (χ1v) is 7.30. The summed E-state index contributed by atoms with van der Waals surface area (Å²) in [5.74, 6) is 0. The third kappa shape index (κ3) is 3.87. The van der Waals surface area contributed by atoms with Crippen LogP contribution in [-0.2, 0) is 10.8 Å². The molecule has 90 valence electrons. The molecule has 0 heterocycles. The highest BCUT2D eigenvalue weighted by molar-refractivity contribution is 7.87. The first kappa shape index (κ1) is 13.2. The van der Waals surface area contributed by atoms with Gasteiger partial charge in [0.15, 0.2) is 0 Å². The maximum absolute atomic E-state index is 12.3. The Labute approximate surface area is 96.5 Å². The van der Waals surface area contributed by atoms with Gasteiger partial charge in [0.25, 0.3) is 0 Å². The highest BCUT2D eigenvalue weighted by Crippen LogP contribution is 2.26. The summed E-state index contributed by atoms with van der Waals surface area (Å²) in [6.45, 7) is 6.15. The van der Waals surface area contributed by atoms with E-state index in [0.29, 0.717) is 0 Å². The van der Waals surface area contributed by atoms with Gasteiger partial charge in [0.1, 0.15) is 0 Å². The quantitative estimate of drug-likeness (QED) is 0.754. The maximum Gasteiger partial charge on any atom is 0.0504 e. The Morgan fingerprint density at radius 2 is 1.60 bits per heavy atom. The molecule has 1 saturated carbocycles. The van der Waals surface area contributed by atoms with Crippen LogP contribution in [0.25, 0.3) is 0 Å². The lowest BCUT2D eigenvalue weighted by atomic mass is 9.97. The van der Waals surface area contributed by atoms with Crippen LogP contribution in [0, 0.1) is 0 Å². The molecule has 3 heteroatoms. The average molecular weight is 231 g/mol. The Bertz CT molecular complexity index is 222. The van der Waals surface area contributed by atoms with Gasteiger partial charge >= 0.3 is 0 Å². The Hall–Kier alpha value is 0.110. The van der Waals surface area contributed by atoms with Crippen LogP contribution >= 0.6 is 0 Å². The average Bonchev–Trinajstić information content (AvgIpc) is 2.10. The van der Waals surface area contributed by atoms with Gasteiger partial charge in [-0.05, 0) is 33.6 Å². The first-order chi connectivity index (χ1) is 6.93. The molecule has 1 aliphatic carbocycles. The van der Waals surface area contributed by atoms with Crippen molar-refractivity contribution >= 4 is 10.8 Å². The number of rotatable bonds is 1. The predicted octanol–water partition coefficient (Wildman–Crippen LogP) is 2.58. The summed E-state index contributed by atoms with van der Waals surface area (Å²) in [6.07, 6.45) is 7.07. The fourth-order valence-electron chi connectivity index (χ4n) is 2.20. The number of nitrogens with two attached hydrogens (primary N) is 1. The zero-order valence-corrected chi connectivity index (χ0v) is 11.1. The normalized spacial score (nSPS) is 31.7. The molecule has 0 amide bonds. The SMILES string of the molecule is CC(C)(C)S(=O)C1CCCCCCC1N. The molecule has 3 atom stereocenters. The molecule has 0 spiro atoms. The summed E-state index contributed by atoms with van der Waals surface area (Å²) in [6, 6.07) is 0.144. The molecule has 0 saturated heterocycles. The highest BCUT2D eigenvalue weighted by atomic mass is 32.2. The second kappa shape index (κ2) is 5.44. The van der Waals surface area contributed by atoms with Crippen molar-refractivity contribution in [2.75, 3.05) is 0 Å². The Balaban J connectivity index is 2.67. The van der Waals surface area contributed by atoms with Crippen LogP contribution in [0.2, 0.25) is 0 Å². The van der Waals surface area contributed by atoms with Gasteiger partial charge in [-0.3, -0.25) is 4.21 Å². The monoisotopic (exact) mass is 231 g/mol. The van der Waals surface area contributed by atoms with E-state index in [2.05, 4.69) is 20.8 Å². The van der Waals surface area contributed by atoms with Crippen LogP contribution in [0.15, 0.2) is 0 Å². The zero-order valence-electron chi connectivity index (χ0n) is 10.3. The topological polar surface area (TPSA) is 43.1 Å². The fraction of sp³-hybridized carbons (Fsp3) is 1.00. The van der Waals surface area contributed by atoms with Crippen LogP contribution in [0.4, 0.5) is 0 Å². The van der Waals surface area contributed by atoms with E-state index >= 15 is 0 Å². The molecule has 1 rings (SSSR count). The molecule has 0 aromatic carbocycles. The maximum atomic E-state index is 12.3. The van der Waals surface area contributed by atoms with Crippen LogP contribution < -0.4 is 5.73 Å². The summed E-state index contributed by atoms with van der Waals surface area (Å²) in [5, 5.41) is 0.213. The summed E-state index contributed by atoms with van der Waals surface area (Å²) >= 11 is 0. The lowest BCUT2D eigenvalue weighted by Gasteiger charge is -2.31. The molecule has 0 aromatic rings. The second-order valence-electron chi connectivity index (χ2n) is 5.60. The number of hydrogen-bond donors (Lipinski definition) is 1. The van der Waals surface area contributed by atoms with Gasteiger partial charge in [-0.25, -0.2) is 0 Å². The van der Waals surface area contributed by atoms with Crippen molar-refractivity contribution in [2.45, 2.75) is 75.3 Å². The predicted molar refractivity (Wildman–Crippen MR) is 67.4 cm³/mol. The van der Waals surface area contributed by atoms with Crippen molar-refractivity contribution in [2.24, 2.45) is 5.73 Å². The number of hydrogen-bond acceptors (Lipinski definition) is 2. The Morgan fingerprint density at radius 3 is 2.13 bits per heavy atom. The van der Waals surface area contributed by atoms with Gasteiger partial charge in [0, 0.05) is 21.6 Å². The van der Waals surface area contributed by atoms with E-state index in [4.69, 9.17) is 5.73 Å². The zero-order chi connectivity index (χ0) is 11.5. The van der Waals surface area contributed by atoms with E-state index in [1.807, 2.05) is 0 Å². The molecule has 15 heavy (non-hydrogen) atoms. The van der Waals surface area contributed by atoms with Crippen molar-refractivity contribution in [3.8, 4) is 0 Å². The second-order valence-corrected chi connectivity index (χ2v) is 8.03. The Kier molecular flexibility index (Phi) is 4.78. The molecular weight excluding hydrogens is 206 g/mol. The lowest BCUT2D eigenvalue weighted by molar-refractivity contribution is 0.452. The summed E-state index contributed by atoms with van der Waals surface area (Å²) in [5.41, 5.74) is 6.15. The molecule has 0 bridgehead atoms. The molecule has 0 aliphatic heterocycles. The smallest absolute Gasteiger partial charge is 0.0504 e. The summed E-state index contributed by atoms with van der Waals surface area (Å²) in [4.78, 5) is 0. The Morgan fingerprint density at radius 1 is 1.07 bits per heavy atom. The molecule has 2 nitrogen and oxygen atoms in total. The van der Waals surface area contributed by atoms with Crippen molar-refractivity contribution < 1.29 is 4.21 Å². The first-order valence-electron chi connectivity index (χ1n) is 6.09. The van der Waals surface area contributed by atoms with E-state index < -0.39 is 10.8 Å². The molecule has 1 aliphatic rings. The van der Waals surface area contributed by atoms with Crippen LogP contribution in [0.3, 0.4) is 0 Å². The van der Waals surface area contributed by atoms with Gasteiger partial charge < -0.3 is 5.73 Å². The van der Waals surface area contributed by atoms with Crippen molar-refractivity contribution in [1.29, 1.82) is 0 Å². The highest BCUT2D eigenvalue weighted by Gasteiger charge is 2.32. The summed E-state index contributed by atoms with van der Waals surface area (Å²) < 4.78 is 12.2. The van der Waals surface area contributed by atoms with Crippen LogP contribution in [-0.4, -0.2) is 20.2 Å². The van der Waals surface area contributed by atoms with E-state index in [9.17, 15) is 4.21 Å². The minimum atomic E-state index is -0.798. The van der Waals surface area contributed by atoms with E-state index in [1.54, 1.807) is 0 Å². The molecular formula is C12H25NOS. The standard InChI is InChI=1S/C12H25NOS/c1-12(2,3)15(14)11-9-7-5-4-6-8-10(11)13/h10-11H,4-9,13H2,1-3H3. The van der Waals surface area contributed by atoms with Gasteiger partial charge in [-0.2, -0.15) is 0 Å². The van der Waals surface area contributed by atoms with Gasteiger partial charge in [0.05, 0.1) is 5.25 Å². The molecule has 2 N–H and O–H groups in total. The van der Waals surface area contributed by atoms with Gasteiger partial charge in [0.2, 0.25) is 0 Å². The third-order valence-corrected chi connectivity index (χ3v) is 5.47. The summed E-state index contributed by atoms with van der Waals surface area (Å²) in [7, 11) is -0.798. The third-order valence-electron chi connectivity index (χ3n) is 3.13. The van der Waals surface area contributed by atoms with E-state index in [1.165, 1.54) is 25.7 Å². The largest absolute Gasteiger partial charge is 0.327 e. The molecule has 0 radical (unpaired) electrons. The van der Waals surface area contributed by atoms with E-state index in [-0.39, 0.29) is 16.0 Å². The molecule has 0 aromatic heterocycles. The van der Waals surface area contributed by atoms with Gasteiger partial charge in [-0.15, -0.1) is 0 Å². The minimum Gasteiger partial charge on any atom is -0.327 e. The lowest BCUT2D eigenvalue weighted by Crippen LogP contribution is -2.44. The van der Waals surface area contributed by atoms with Crippen LogP contribution in [0.5, 0.6) is 0 Å². The van der Waals surface area contributed by atoms with Crippen molar-refractivity contribution in [3.05, 3.63) is 0 Å². The minimum absolute atomic E-state index is 0.124.